The molecule has 0 aliphatic rings. The molecule has 0 spiro atoms. The van der Waals surface area contributed by atoms with Gasteiger partial charge in [-0.05, 0) is 56.3 Å². The first-order valence-electron chi connectivity index (χ1n) is 9.21. The Hall–Kier alpha value is -2.63. The Kier molecular flexibility index (Phi) is 8.04. The van der Waals surface area contributed by atoms with Gasteiger partial charge in [-0.15, -0.1) is 0 Å². The van der Waals surface area contributed by atoms with E-state index in [9.17, 15) is 26.4 Å². The number of halogens is 3. The van der Waals surface area contributed by atoms with Crippen LogP contribution in [0.3, 0.4) is 0 Å². The van der Waals surface area contributed by atoms with Gasteiger partial charge >= 0.3 is 6.18 Å². The van der Waals surface area contributed by atoms with Gasteiger partial charge in [0.25, 0.3) is 5.91 Å². The third-order valence-electron chi connectivity index (χ3n) is 3.92. The summed E-state index contributed by atoms with van der Waals surface area (Å²) in [6, 6.07) is 7.42. The minimum Gasteiger partial charge on any atom is -0.489 e. The van der Waals surface area contributed by atoms with Crippen LogP contribution in [0.4, 0.5) is 18.9 Å². The Morgan fingerprint density at radius 1 is 1.06 bits per heavy atom. The molecule has 0 heterocycles. The number of benzene rings is 2. The minimum absolute atomic E-state index is 0.0405. The van der Waals surface area contributed by atoms with E-state index in [4.69, 9.17) is 9.47 Å². The Morgan fingerprint density at radius 3 is 2.26 bits per heavy atom. The summed E-state index contributed by atoms with van der Waals surface area (Å²) < 4.78 is 76.2. The molecule has 0 aliphatic carbocycles. The zero-order valence-electron chi connectivity index (χ0n) is 17.1. The largest absolute Gasteiger partial charge is 0.489 e. The van der Waals surface area contributed by atoms with Crippen LogP contribution >= 0.6 is 0 Å². The maximum absolute atomic E-state index is 13.1. The summed E-state index contributed by atoms with van der Waals surface area (Å²) in [5, 5.41) is 2.39. The molecule has 0 saturated heterocycles. The number of hydrogen-bond acceptors (Lipinski definition) is 5. The molecule has 1 amide bonds. The number of carbonyl (C=O) groups excluding carboxylic acids is 1. The first-order valence-corrected chi connectivity index (χ1v) is 10.7. The molecule has 2 N–H and O–H groups in total. The molecule has 0 aromatic heterocycles. The van der Waals surface area contributed by atoms with E-state index in [1.807, 2.05) is 0 Å². The first-order chi connectivity index (χ1) is 14.4. The van der Waals surface area contributed by atoms with Crippen molar-refractivity contribution in [3.05, 3.63) is 53.6 Å². The highest BCUT2D eigenvalue weighted by atomic mass is 32.2. The molecule has 0 unspecified atom stereocenters. The predicted molar refractivity (Wildman–Crippen MR) is 109 cm³/mol. The molecule has 31 heavy (non-hydrogen) atoms. The van der Waals surface area contributed by atoms with Crippen LogP contribution in [0, 0.1) is 0 Å². The van der Waals surface area contributed by atoms with Crippen LogP contribution in [-0.2, 0) is 20.9 Å². The van der Waals surface area contributed by atoms with Gasteiger partial charge in [-0.1, -0.05) is 0 Å². The second-order valence-electron chi connectivity index (χ2n) is 6.80. The molecule has 2 aromatic rings. The van der Waals surface area contributed by atoms with Crippen molar-refractivity contribution in [3.63, 3.8) is 0 Å². The van der Waals surface area contributed by atoms with Gasteiger partial charge in [-0.25, -0.2) is 13.1 Å². The number of anilines is 1. The lowest BCUT2D eigenvalue weighted by atomic mass is 10.1. The van der Waals surface area contributed by atoms with Crippen molar-refractivity contribution in [1.82, 2.24) is 4.72 Å². The zero-order valence-corrected chi connectivity index (χ0v) is 17.9. The Labute approximate surface area is 178 Å². The van der Waals surface area contributed by atoms with E-state index >= 15 is 0 Å². The van der Waals surface area contributed by atoms with Crippen molar-refractivity contribution < 1.29 is 35.9 Å². The highest BCUT2D eigenvalue weighted by Crippen LogP contribution is 2.35. The van der Waals surface area contributed by atoms with Crippen molar-refractivity contribution in [3.8, 4) is 5.75 Å². The monoisotopic (exact) mass is 460 g/mol. The molecule has 2 rings (SSSR count). The average Bonchev–Trinajstić information content (AvgIpc) is 2.67. The second-order valence-corrected chi connectivity index (χ2v) is 8.52. The van der Waals surface area contributed by atoms with Gasteiger partial charge in [-0.3, -0.25) is 4.79 Å². The zero-order chi connectivity index (χ0) is 23.2. The van der Waals surface area contributed by atoms with Crippen molar-refractivity contribution in [2.24, 2.45) is 0 Å². The van der Waals surface area contributed by atoms with Crippen molar-refractivity contribution in [2.75, 3.05) is 25.6 Å². The summed E-state index contributed by atoms with van der Waals surface area (Å²) in [6.07, 6.45) is -4.61. The molecule has 0 fully saturated rings. The fourth-order valence-electron chi connectivity index (χ4n) is 2.52. The maximum Gasteiger partial charge on any atom is 0.416 e. The fraction of sp³-hybridized carbons (Fsp3) is 0.350. The summed E-state index contributed by atoms with van der Waals surface area (Å²) in [5.41, 5.74) is -1.07. The topological polar surface area (TPSA) is 93.7 Å². The normalized spacial score (nSPS) is 12.1. The van der Waals surface area contributed by atoms with Gasteiger partial charge in [0.2, 0.25) is 10.0 Å². The van der Waals surface area contributed by atoms with Crippen molar-refractivity contribution >= 4 is 21.6 Å². The van der Waals surface area contributed by atoms with Crippen LogP contribution in [0.5, 0.6) is 5.75 Å². The van der Waals surface area contributed by atoms with Crippen LogP contribution in [0.25, 0.3) is 0 Å². The molecule has 7 nitrogen and oxygen atoms in total. The standard InChI is InChI=1S/C20H23F3N2O5S/c1-13(2)25-31(27,28)16-7-4-14(5-8-16)19(26)24-17-12-15(20(21,22)23)6-9-18(17)30-11-10-29-3/h4-9,12-13,25H,10-11H2,1-3H3,(H,24,26). The third kappa shape index (κ3) is 6.94. The number of amides is 1. The van der Waals surface area contributed by atoms with Gasteiger partial charge < -0.3 is 14.8 Å². The minimum atomic E-state index is -4.61. The number of nitrogens with one attached hydrogen (secondary N) is 2. The van der Waals surface area contributed by atoms with E-state index in [1.165, 1.54) is 31.4 Å². The molecule has 0 saturated carbocycles. The molecule has 0 atom stereocenters. The molecule has 2 aromatic carbocycles. The van der Waals surface area contributed by atoms with Gasteiger partial charge in [0.05, 0.1) is 22.8 Å². The lowest BCUT2D eigenvalue weighted by Crippen LogP contribution is -2.30. The molecule has 0 radical (unpaired) electrons. The quantitative estimate of drug-likeness (QED) is 0.557. The molecular weight excluding hydrogens is 437 g/mol. The summed E-state index contributed by atoms with van der Waals surface area (Å²) in [6.45, 7) is 3.61. The number of rotatable bonds is 9. The van der Waals surface area contributed by atoms with Crippen molar-refractivity contribution in [1.29, 1.82) is 0 Å². The Bertz CT molecular complexity index is 1010. The second kappa shape index (κ2) is 10.1. The van der Waals surface area contributed by atoms with E-state index in [-0.39, 0.29) is 41.2 Å². The van der Waals surface area contributed by atoms with Crippen LogP contribution in [0.2, 0.25) is 0 Å². The number of carbonyl (C=O) groups is 1. The number of ether oxygens (including phenoxy) is 2. The number of hydrogen-bond donors (Lipinski definition) is 2. The maximum atomic E-state index is 13.1. The third-order valence-corrected chi connectivity index (χ3v) is 5.59. The number of sulfonamides is 1. The van der Waals surface area contributed by atoms with E-state index in [0.29, 0.717) is 0 Å². The summed E-state index contributed by atoms with van der Waals surface area (Å²) in [7, 11) is -2.30. The molecule has 11 heteroatoms. The average molecular weight is 460 g/mol. The highest BCUT2D eigenvalue weighted by Gasteiger charge is 2.31. The van der Waals surface area contributed by atoms with Crippen LogP contribution in [0.15, 0.2) is 47.4 Å². The molecule has 0 bridgehead atoms. The molecular formula is C20H23F3N2O5S. The van der Waals surface area contributed by atoms with E-state index in [2.05, 4.69) is 10.0 Å². The van der Waals surface area contributed by atoms with Crippen molar-refractivity contribution in [2.45, 2.75) is 31.0 Å². The van der Waals surface area contributed by atoms with Crippen LogP contribution < -0.4 is 14.8 Å². The summed E-state index contributed by atoms with van der Waals surface area (Å²) in [5.74, 6) is -0.685. The lowest BCUT2D eigenvalue weighted by Gasteiger charge is -2.15. The molecule has 170 valence electrons. The van der Waals surface area contributed by atoms with Crippen LogP contribution in [-0.4, -0.2) is 40.7 Å². The van der Waals surface area contributed by atoms with Gasteiger partial charge in [0.15, 0.2) is 0 Å². The number of methoxy groups -OCH3 is 1. The first kappa shape index (κ1) is 24.6. The van der Waals surface area contributed by atoms with Crippen LogP contribution in [0.1, 0.15) is 29.8 Å². The van der Waals surface area contributed by atoms with E-state index in [1.54, 1.807) is 13.8 Å². The molecule has 0 aliphatic heterocycles. The number of alkyl halides is 3. The summed E-state index contributed by atoms with van der Waals surface area (Å²) >= 11 is 0. The van der Waals surface area contributed by atoms with E-state index in [0.717, 1.165) is 18.2 Å². The van der Waals surface area contributed by atoms with Gasteiger partial charge in [-0.2, -0.15) is 13.2 Å². The van der Waals surface area contributed by atoms with E-state index < -0.39 is 27.7 Å². The summed E-state index contributed by atoms with van der Waals surface area (Å²) in [4.78, 5) is 12.5. The predicted octanol–water partition coefficient (Wildman–Crippen LogP) is 3.67. The SMILES string of the molecule is COCCOc1ccc(C(F)(F)F)cc1NC(=O)c1ccc(S(=O)(=O)NC(C)C)cc1. The Balaban J connectivity index is 2.27. The van der Waals surface area contributed by atoms with Gasteiger partial charge in [0, 0.05) is 18.7 Å². The highest BCUT2D eigenvalue weighted by molar-refractivity contribution is 7.89. The fourth-order valence-corrected chi connectivity index (χ4v) is 3.77. The lowest BCUT2D eigenvalue weighted by molar-refractivity contribution is -0.137. The van der Waals surface area contributed by atoms with Gasteiger partial charge in [0.1, 0.15) is 12.4 Å². The Morgan fingerprint density at radius 2 is 1.71 bits per heavy atom. The smallest absolute Gasteiger partial charge is 0.416 e.